The van der Waals surface area contributed by atoms with E-state index in [1.807, 2.05) is 0 Å². The van der Waals surface area contributed by atoms with Crippen LogP contribution in [0.2, 0.25) is 0 Å². The number of carbonyl (C=O) groups is 3. The van der Waals surface area contributed by atoms with Gasteiger partial charge in [0.05, 0.1) is 0 Å². The number of aliphatic carboxylic acids is 3. The molecule has 0 spiro atoms. The van der Waals surface area contributed by atoms with E-state index in [9.17, 15) is 14.4 Å². The summed E-state index contributed by atoms with van der Waals surface area (Å²) in [6, 6.07) is 0. The summed E-state index contributed by atoms with van der Waals surface area (Å²) >= 11 is 0. The average Bonchev–Trinajstić information content (AvgIpc) is 2.82. The van der Waals surface area contributed by atoms with E-state index in [-0.39, 0.29) is 83.3 Å². The van der Waals surface area contributed by atoms with Crippen molar-refractivity contribution in [2.24, 2.45) is 0 Å². The van der Waals surface area contributed by atoms with Gasteiger partial charge in [0.2, 0.25) is 0 Å². The average molecular weight is 970 g/mol. The molecule has 0 aliphatic heterocycles. The van der Waals surface area contributed by atoms with Crippen LogP contribution in [-0.4, -0.2) is 89.7 Å². The van der Waals surface area contributed by atoms with E-state index in [0.717, 1.165) is 25.7 Å². The quantitative estimate of drug-likeness (QED) is 0.0522. The van der Waals surface area contributed by atoms with Gasteiger partial charge in [0.15, 0.2) is 12.6 Å². The van der Waals surface area contributed by atoms with Crippen molar-refractivity contribution in [3.63, 3.8) is 0 Å². The van der Waals surface area contributed by atoms with Crippen LogP contribution in [0.4, 0.5) is 0 Å². The van der Waals surface area contributed by atoms with Crippen molar-refractivity contribution in [3.05, 3.63) is 75.6 Å². The van der Waals surface area contributed by atoms with Gasteiger partial charge in [0.25, 0.3) is 0 Å². The second kappa shape index (κ2) is 57.3. The molecule has 0 aliphatic carbocycles. The third-order valence-electron chi connectivity index (χ3n) is 3.00. The van der Waals surface area contributed by atoms with E-state index in [2.05, 4.69) is 46.7 Å². The minimum absolute atomic E-state index is 0. The molecule has 262 valence electrons. The van der Waals surface area contributed by atoms with Crippen LogP contribution in [0.25, 0.3) is 0 Å². The molecular formula is C30H60Hf2O12-2. The SMILES string of the molecule is C=C(C)C(=O)O.C=C(C)C(=O)O.C=C(C)C(=O)O.C=C(C)C(O)O.C=C(C)C(O)O.CCCCO.CCCCO.[CH3-].[CH3-].[Hf].[Hf]. The Morgan fingerprint density at radius 1 is 0.523 bits per heavy atom. The topological polar surface area (TPSA) is 233 Å². The molecule has 0 aromatic heterocycles. The second-order valence-electron chi connectivity index (χ2n) is 7.85. The summed E-state index contributed by atoms with van der Waals surface area (Å²) in [5, 5.41) is 72.1. The Hall–Kier alpha value is -1.39. The van der Waals surface area contributed by atoms with E-state index in [1.54, 1.807) is 13.8 Å². The number of hydrogen-bond donors (Lipinski definition) is 9. The minimum Gasteiger partial charge on any atom is -0.478 e. The second-order valence-corrected chi connectivity index (χ2v) is 7.85. The Labute approximate surface area is 303 Å². The molecule has 0 bridgehead atoms. The van der Waals surface area contributed by atoms with Crippen LogP contribution in [0, 0.1) is 14.9 Å². The first-order chi connectivity index (χ1) is 18.0. The fourth-order valence-corrected chi connectivity index (χ4v) is 0.316. The number of carboxylic acids is 3. The van der Waals surface area contributed by atoms with Crippen molar-refractivity contribution >= 4 is 17.9 Å². The molecule has 0 aromatic rings. The summed E-state index contributed by atoms with van der Waals surface area (Å²) in [6.07, 6.45) is 1.39. The smallest absolute Gasteiger partial charge is 0.330 e. The molecule has 0 aromatic carbocycles. The summed E-state index contributed by atoms with van der Waals surface area (Å²) in [7, 11) is 0. The van der Waals surface area contributed by atoms with Crippen LogP contribution in [0.3, 0.4) is 0 Å². The summed E-state index contributed by atoms with van der Waals surface area (Å²) in [6.45, 7) is 28.2. The molecule has 9 N–H and O–H groups in total. The van der Waals surface area contributed by atoms with Gasteiger partial charge in [-0.3, -0.25) is 0 Å². The Kier molecular flexibility index (Phi) is 96.1. The molecule has 0 amide bonds. The largest absolute Gasteiger partial charge is 0.478 e. The first-order valence-electron chi connectivity index (χ1n) is 12.0. The van der Waals surface area contributed by atoms with Gasteiger partial charge in [0.1, 0.15) is 0 Å². The number of rotatable bonds is 9. The fourth-order valence-electron chi connectivity index (χ4n) is 0.316. The summed E-state index contributed by atoms with van der Waals surface area (Å²) < 4.78 is 0. The van der Waals surface area contributed by atoms with Gasteiger partial charge in [-0.05, 0) is 58.6 Å². The first kappa shape index (κ1) is 73.8. The molecule has 44 heavy (non-hydrogen) atoms. The van der Waals surface area contributed by atoms with Crippen LogP contribution in [0.1, 0.15) is 74.1 Å². The number of aliphatic hydroxyl groups is 6. The number of hydrogen-bond acceptors (Lipinski definition) is 9. The predicted molar refractivity (Wildman–Crippen MR) is 170 cm³/mol. The van der Waals surface area contributed by atoms with Crippen molar-refractivity contribution < 1.29 is 112 Å². The predicted octanol–water partition coefficient (Wildman–Crippen LogP) is 4.14. The van der Waals surface area contributed by atoms with Crippen LogP contribution in [-0.2, 0) is 66.1 Å². The van der Waals surface area contributed by atoms with Crippen molar-refractivity contribution in [3.8, 4) is 0 Å². The van der Waals surface area contributed by atoms with Gasteiger partial charge in [-0.15, -0.1) is 0 Å². The monoisotopic (exact) mass is 972 g/mol. The first-order valence-corrected chi connectivity index (χ1v) is 12.0. The molecule has 0 fully saturated rings. The van der Waals surface area contributed by atoms with Crippen LogP contribution < -0.4 is 0 Å². The maximum Gasteiger partial charge on any atom is 0.330 e. The molecule has 14 heteroatoms. The molecule has 0 saturated carbocycles. The fraction of sp³-hybridized carbons (Fsp3) is 0.500. The Bertz CT molecular complexity index is 600. The third kappa shape index (κ3) is 125. The Morgan fingerprint density at radius 2 is 0.636 bits per heavy atom. The van der Waals surface area contributed by atoms with Gasteiger partial charge >= 0.3 is 17.9 Å². The Morgan fingerprint density at radius 3 is 0.636 bits per heavy atom. The van der Waals surface area contributed by atoms with Crippen molar-refractivity contribution in [2.75, 3.05) is 13.2 Å². The van der Waals surface area contributed by atoms with Gasteiger partial charge in [0, 0.05) is 81.6 Å². The van der Waals surface area contributed by atoms with Gasteiger partial charge in [-0.1, -0.05) is 59.6 Å². The summed E-state index contributed by atoms with van der Waals surface area (Å²) in [5.74, 6) is -2.81. The number of unbranched alkanes of at least 4 members (excludes halogenated alkanes) is 2. The van der Waals surface area contributed by atoms with Gasteiger partial charge < -0.3 is 60.8 Å². The Balaban J connectivity index is -0.0000000316. The summed E-state index contributed by atoms with van der Waals surface area (Å²) in [5.41, 5.74) is 1.27. The van der Waals surface area contributed by atoms with Crippen molar-refractivity contribution in [2.45, 2.75) is 86.7 Å². The van der Waals surface area contributed by atoms with E-state index in [4.69, 9.17) is 46.0 Å². The molecule has 12 nitrogen and oxygen atoms in total. The number of carboxylic acid groups (broad SMARTS) is 3. The molecule has 0 radical (unpaired) electrons. The van der Waals surface area contributed by atoms with Crippen LogP contribution in [0.15, 0.2) is 60.8 Å². The molecule has 0 rings (SSSR count). The van der Waals surface area contributed by atoms with E-state index >= 15 is 0 Å². The zero-order chi connectivity index (χ0) is 34.0. The molecule has 0 unspecified atom stereocenters. The molecule has 0 atom stereocenters. The zero-order valence-corrected chi connectivity index (χ0v) is 35.4. The molecule has 0 aliphatic rings. The van der Waals surface area contributed by atoms with Gasteiger partial charge in [-0.25, -0.2) is 14.4 Å². The summed E-state index contributed by atoms with van der Waals surface area (Å²) in [4.78, 5) is 28.8. The maximum absolute atomic E-state index is 9.60. The molecule has 0 heterocycles. The molecular weight excluding hydrogens is 909 g/mol. The maximum atomic E-state index is 9.60. The zero-order valence-electron chi connectivity index (χ0n) is 28.2. The van der Waals surface area contributed by atoms with Crippen molar-refractivity contribution in [1.82, 2.24) is 0 Å². The minimum atomic E-state index is -1.34. The number of aliphatic hydroxyl groups excluding tert-OH is 4. The van der Waals surface area contributed by atoms with Crippen LogP contribution >= 0.6 is 0 Å². The van der Waals surface area contributed by atoms with Crippen LogP contribution in [0.5, 0.6) is 0 Å². The van der Waals surface area contributed by atoms with Crippen molar-refractivity contribution in [1.29, 1.82) is 0 Å². The standard InChI is InChI=1S/2C4H8O2.3C4H6O2.2C4H10O.2CH3.2Hf/c5*1-3(2)4(5)6;2*1-2-3-4-5;;;;/h2*4-6H,1H2,2H3;3*1H2,2H3,(H,5,6);2*5H,2-4H2,1H3;2*1H3;;/q;;;;;;;2*-1;;. The van der Waals surface area contributed by atoms with E-state index in [0.29, 0.717) is 24.4 Å². The van der Waals surface area contributed by atoms with E-state index < -0.39 is 30.5 Å². The third-order valence-corrected chi connectivity index (χ3v) is 3.00. The molecule has 0 saturated heterocycles. The van der Waals surface area contributed by atoms with Gasteiger partial charge in [-0.2, -0.15) is 0 Å². The van der Waals surface area contributed by atoms with E-state index in [1.165, 1.54) is 20.8 Å². The normalized spacial score (nSPS) is 7.52.